The van der Waals surface area contributed by atoms with Crippen LogP contribution < -0.4 is 15.4 Å². The van der Waals surface area contributed by atoms with Crippen molar-refractivity contribution in [1.29, 1.82) is 0 Å². The fourth-order valence-corrected chi connectivity index (χ4v) is 3.03. The summed E-state index contributed by atoms with van der Waals surface area (Å²) in [4.78, 5) is 19.4. The lowest BCUT2D eigenvalue weighted by molar-refractivity contribution is -0.383. The lowest BCUT2D eigenvalue weighted by Crippen LogP contribution is -2.08. The minimum atomic E-state index is -0.493. The molecular weight excluding hydrogens is 406 g/mol. The van der Waals surface area contributed by atoms with E-state index in [1.54, 1.807) is 24.3 Å². The van der Waals surface area contributed by atoms with Crippen molar-refractivity contribution >= 4 is 23.0 Å². The Labute approximate surface area is 185 Å². The lowest BCUT2D eigenvalue weighted by Gasteiger charge is -2.11. The minimum Gasteiger partial charge on any atom is -0.457 e. The van der Waals surface area contributed by atoms with E-state index < -0.39 is 4.92 Å². The number of aromatic nitrogens is 2. The highest BCUT2D eigenvalue weighted by atomic mass is 16.6. The van der Waals surface area contributed by atoms with E-state index in [4.69, 9.17) is 4.74 Å². The van der Waals surface area contributed by atoms with Gasteiger partial charge in [-0.05, 0) is 48.9 Å². The third-order valence-corrected chi connectivity index (χ3v) is 4.68. The van der Waals surface area contributed by atoms with Crippen molar-refractivity contribution in [2.75, 3.05) is 10.6 Å². The molecule has 4 aromatic rings. The first-order chi connectivity index (χ1) is 15.6. The number of nitrogens with zero attached hydrogens (tertiary/aromatic N) is 3. The molecule has 0 fully saturated rings. The van der Waals surface area contributed by atoms with E-state index >= 15 is 0 Å². The number of hydrogen-bond donors (Lipinski definition) is 2. The maximum Gasteiger partial charge on any atom is 0.353 e. The van der Waals surface area contributed by atoms with Crippen molar-refractivity contribution in [3.8, 4) is 11.5 Å². The molecular formula is C24H21N5O3. The molecule has 32 heavy (non-hydrogen) atoms. The average molecular weight is 427 g/mol. The van der Waals surface area contributed by atoms with Crippen LogP contribution in [0.15, 0.2) is 85.2 Å². The zero-order valence-corrected chi connectivity index (χ0v) is 17.4. The fourth-order valence-electron chi connectivity index (χ4n) is 3.03. The van der Waals surface area contributed by atoms with E-state index in [9.17, 15) is 10.1 Å². The number of anilines is 3. The van der Waals surface area contributed by atoms with Crippen LogP contribution in [0.1, 0.15) is 11.1 Å². The number of nitrogens with one attached hydrogen (secondary N) is 2. The molecule has 3 aromatic carbocycles. The Kier molecular flexibility index (Phi) is 6.22. The molecule has 0 saturated heterocycles. The topological polar surface area (TPSA) is 102 Å². The van der Waals surface area contributed by atoms with Crippen LogP contribution in [0.5, 0.6) is 11.5 Å². The van der Waals surface area contributed by atoms with Crippen molar-refractivity contribution in [2.24, 2.45) is 0 Å². The molecule has 0 spiro atoms. The Morgan fingerprint density at radius 2 is 1.53 bits per heavy atom. The van der Waals surface area contributed by atoms with Crippen molar-refractivity contribution < 1.29 is 9.66 Å². The molecule has 2 N–H and O–H groups in total. The predicted octanol–water partition coefficient (Wildman–Crippen LogP) is 5.84. The highest BCUT2D eigenvalue weighted by Gasteiger charge is 2.23. The highest BCUT2D eigenvalue weighted by molar-refractivity contribution is 5.73. The SMILES string of the molecule is Cc1ccc(CNc2ncnc(Nc3ccc(Oc4ccccc4)cc3)c2[N+](=O)[O-])cc1. The molecule has 4 rings (SSSR count). The summed E-state index contributed by atoms with van der Waals surface area (Å²) in [5, 5.41) is 17.8. The predicted molar refractivity (Wildman–Crippen MR) is 123 cm³/mol. The summed E-state index contributed by atoms with van der Waals surface area (Å²) in [5.41, 5.74) is 2.56. The molecule has 0 saturated carbocycles. The molecule has 0 aliphatic carbocycles. The molecule has 8 heteroatoms. The number of benzene rings is 3. The van der Waals surface area contributed by atoms with Crippen molar-refractivity contribution in [1.82, 2.24) is 9.97 Å². The Hall–Kier alpha value is -4.46. The summed E-state index contributed by atoms with van der Waals surface area (Å²) in [6.07, 6.45) is 1.29. The van der Waals surface area contributed by atoms with Crippen LogP contribution in [0.25, 0.3) is 0 Å². The van der Waals surface area contributed by atoms with E-state index in [1.165, 1.54) is 6.33 Å². The van der Waals surface area contributed by atoms with Gasteiger partial charge >= 0.3 is 5.69 Å². The third-order valence-electron chi connectivity index (χ3n) is 4.68. The van der Waals surface area contributed by atoms with E-state index in [0.29, 0.717) is 18.0 Å². The summed E-state index contributed by atoms with van der Waals surface area (Å²) in [6, 6.07) is 24.4. The van der Waals surface area contributed by atoms with Crippen LogP contribution >= 0.6 is 0 Å². The van der Waals surface area contributed by atoms with E-state index in [1.807, 2.05) is 61.5 Å². The average Bonchev–Trinajstić information content (AvgIpc) is 2.80. The Morgan fingerprint density at radius 3 is 2.22 bits per heavy atom. The normalized spacial score (nSPS) is 10.4. The number of ether oxygens (including phenoxy) is 1. The van der Waals surface area contributed by atoms with Gasteiger partial charge in [-0.2, -0.15) is 0 Å². The van der Waals surface area contributed by atoms with Crippen molar-refractivity contribution in [3.05, 3.63) is 106 Å². The third kappa shape index (κ3) is 5.17. The summed E-state index contributed by atoms with van der Waals surface area (Å²) in [7, 11) is 0. The standard InChI is InChI=1S/C24H21N5O3/c1-17-7-9-18(10-8-17)15-25-23-22(29(30)31)24(27-16-26-23)28-19-11-13-21(14-12-19)32-20-5-3-2-4-6-20/h2-14,16H,15H2,1H3,(H2,25,26,27,28). The number of hydrogen-bond acceptors (Lipinski definition) is 7. The van der Waals surface area contributed by atoms with Crippen LogP contribution in [0.4, 0.5) is 23.0 Å². The monoisotopic (exact) mass is 427 g/mol. The fraction of sp³-hybridized carbons (Fsp3) is 0.0833. The highest BCUT2D eigenvalue weighted by Crippen LogP contribution is 2.32. The summed E-state index contributed by atoms with van der Waals surface area (Å²) < 4.78 is 5.77. The van der Waals surface area contributed by atoms with Gasteiger partial charge < -0.3 is 15.4 Å². The molecule has 0 amide bonds. The first-order valence-corrected chi connectivity index (χ1v) is 9.97. The molecule has 0 aliphatic heterocycles. The first-order valence-electron chi connectivity index (χ1n) is 9.97. The summed E-state index contributed by atoms with van der Waals surface area (Å²) in [6.45, 7) is 2.41. The molecule has 0 aliphatic rings. The van der Waals surface area contributed by atoms with Crippen LogP contribution in [-0.4, -0.2) is 14.9 Å². The van der Waals surface area contributed by atoms with Gasteiger partial charge in [0.25, 0.3) is 0 Å². The van der Waals surface area contributed by atoms with Gasteiger partial charge in [0.2, 0.25) is 11.6 Å². The number of rotatable bonds is 8. The van der Waals surface area contributed by atoms with Gasteiger partial charge in [-0.1, -0.05) is 48.0 Å². The smallest absolute Gasteiger partial charge is 0.353 e. The van der Waals surface area contributed by atoms with Gasteiger partial charge in [-0.3, -0.25) is 10.1 Å². The van der Waals surface area contributed by atoms with Crippen LogP contribution in [0, 0.1) is 17.0 Å². The second-order valence-corrected chi connectivity index (χ2v) is 7.08. The van der Waals surface area contributed by atoms with E-state index in [0.717, 1.165) is 16.9 Å². The zero-order valence-electron chi connectivity index (χ0n) is 17.4. The van der Waals surface area contributed by atoms with Gasteiger partial charge in [0, 0.05) is 12.2 Å². The zero-order chi connectivity index (χ0) is 22.3. The lowest BCUT2D eigenvalue weighted by atomic mass is 10.1. The van der Waals surface area contributed by atoms with E-state index in [2.05, 4.69) is 20.6 Å². The van der Waals surface area contributed by atoms with E-state index in [-0.39, 0.29) is 17.3 Å². The summed E-state index contributed by atoms with van der Waals surface area (Å²) in [5.74, 6) is 1.63. The van der Waals surface area contributed by atoms with Crippen LogP contribution in [0.2, 0.25) is 0 Å². The number of para-hydroxylation sites is 1. The largest absolute Gasteiger partial charge is 0.457 e. The van der Waals surface area contributed by atoms with Crippen molar-refractivity contribution in [3.63, 3.8) is 0 Å². The minimum absolute atomic E-state index is 0.105. The number of nitro groups is 1. The molecule has 0 bridgehead atoms. The number of aryl methyl sites for hydroxylation is 1. The second kappa shape index (κ2) is 9.57. The quantitative estimate of drug-likeness (QED) is 0.269. The Bertz CT molecular complexity index is 1200. The van der Waals surface area contributed by atoms with Gasteiger partial charge in [-0.15, -0.1) is 0 Å². The Morgan fingerprint density at radius 1 is 0.875 bits per heavy atom. The maximum atomic E-state index is 11.8. The summed E-state index contributed by atoms with van der Waals surface area (Å²) >= 11 is 0. The first kappa shape index (κ1) is 20.8. The second-order valence-electron chi connectivity index (χ2n) is 7.08. The molecule has 1 heterocycles. The van der Waals surface area contributed by atoms with Gasteiger partial charge in [0.1, 0.15) is 17.8 Å². The van der Waals surface area contributed by atoms with Crippen LogP contribution in [-0.2, 0) is 6.54 Å². The molecule has 1 aromatic heterocycles. The molecule has 160 valence electrons. The Balaban J connectivity index is 1.49. The van der Waals surface area contributed by atoms with Gasteiger partial charge in [0.15, 0.2) is 0 Å². The van der Waals surface area contributed by atoms with Crippen molar-refractivity contribution in [2.45, 2.75) is 13.5 Å². The molecule has 0 unspecified atom stereocenters. The molecule has 0 atom stereocenters. The van der Waals surface area contributed by atoms with Gasteiger partial charge in [-0.25, -0.2) is 9.97 Å². The van der Waals surface area contributed by atoms with Gasteiger partial charge in [0.05, 0.1) is 4.92 Å². The van der Waals surface area contributed by atoms with Crippen LogP contribution in [0.3, 0.4) is 0 Å². The molecule has 0 radical (unpaired) electrons. The maximum absolute atomic E-state index is 11.8. The molecule has 8 nitrogen and oxygen atoms in total.